The van der Waals surface area contributed by atoms with Crippen molar-refractivity contribution in [3.63, 3.8) is 0 Å². The van der Waals surface area contributed by atoms with Crippen molar-refractivity contribution < 1.29 is 4.79 Å². The second kappa shape index (κ2) is 7.41. The van der Waals surface area contributed by atoms with Gasteiger partial charge in [-0.15, -0.1) is 0 Å². The highest BCUT2D eigenvalue weighted by molar-refractivity contribution is 7.80. The molecule has 1 aromatic rings. The highest BCUT2D eigenvalue weighted by Crippen LogP contribution is 2.27. The van der Waals surface area contributed by atoms with Crippen LogP contribution in [0, 0.1) is 19.8 Å². The number of rotatable bonds is 3. The van der Waals surface area contributed by atoms with Crippen molar-refractivity contribution in [2.75, 3.05) is 5.32 Å². The Kier molecular flexibility index (Phi) is 5.56. The average molecular weight is 305 g/mol. The molecule has 0 atom stereocenters. The predicted molar refractivity (Wildman–Crippen MR) is 90.0 cm³/mol. The molecule has 0 bridgehead atoms. The lowest BCUT2D eigenvalue weighted by Gasteiger charge is -2.15. The topological polar surface area (TPSA) is 53.2 Å². The zero-order valence-electron chi connectivity index (χ0n) is 12.7. The molecule has 114 valence electrons. The number of nitrogens with one attached hydrogen (secondary N) is 3. The number of anilines is 1. The second-order valence-electron chi connectivity index (χ2n) is 5.73. The van der Waals surface area contributed by atoms with Crippen LogP contribution in [0.2, 0.25) is 0 Å². The number of benzene rings is 1. The van der Waals surface area contributed by atoms with Gasteiger partial charge in [0.25, 0.3) is 0 Å². The van der Waals surface area contributed by atoms with E-state index in [1.54, 1.807) is 0 Å². The number of carbonyl (C=O) groups excluding carboxylic acids is 1. The first-order valence-corrected chi connectivity index (χ1v) is 7.89. The van der Waals surface area contributed by atoms with Gasteiger partial charge in [-0.25, -0.2) is 0 Å². The van der Waals surface area contributed by atoms with Crippen LogP contribution in [0.1, 0.15) is 43.2 Å². The minimum absolute atomic E-state index is 0.00649. The van der Waals surface area contributed by atoms with Gasteiger partial charge >= 0.3 is 0 Å². The molecule has 0 spiro atoms. The number of carbonyl (C=O) groups is 1. The largest absolute Gasteiger partial charge is 0.331 e. The van der Waals surface area contributed by atoms with E-state index in [-0.39, 0.29) is 5.91 Å². The number of hydrazine groups is 1. The van der Waals surface area contributed by atoms with Gasteiger partial charge in [-0.2, -0.15) is 0 Å². The third kappa shape index (κ3) is 4.70. The number of hydrogen-bond acceptors (Lipinski definition) is 2. The molecule has 1 aliphatic carbocycles. The summed E-state index contributed by atoms with van der Waals surface area (Å²) in [4.78, 5) is 11.8. The molecule has 5 heteroatoms. The zero-order valence-corrected chi connectivity index (χ0v) is 13.5. The standard InChI is InChI=1S/C16H23N3OS/c1-11-6-5-9-14(12(11)2)17-16(21)19-18-15(20)10-13-7-3-4-8-13/h5-6,9,13H,3-4,7-8,10H2,1-2H3,(H,18,20)(H2,17,19,21). The molecule has 1 aliphatic rings. The number of amides is 1. The molecule has 0 radical (unpaired) electrons. The smallest absolute Gasteiger partial charge is 0.238 e. The molecule has 1 amide bonds. The molecule has 1 aromatic carbocycles. The van der Waals surface area contributed by atoms with Crippen molar-refractivity contribution in [1.82, 2.24) is 10.9 Å². The molecular weight excluding hydrogens is 282 g/mol. The first kappa shape index (κ1) is 15.8. The van der Waals surface area contributed by atoms with E-state index in [2.05, 4.69) is 29.2 Å². The minimum atomic E-state index is 0.00649. The fraction of sp³-hybridized carbons (Fsp3) is 0.500. The molecule has 1 fully saturated rings. The van der Waals surface area contributed by atoms with Crippen molar-refractivity contribution in [2.45, 2.75) is 46.0 Å². The van der Waals surface area contributed by atoms with Crippen molar-refractivity contribution in [2.24, 2.45) is 5.92 Å². The van der Waals surface area contributed by atoms with Gasteiger partial charge in [-0.3, -0.25) is 15.6 Å². The van der Waals surface area contributed by atoms with Crippen molar-refractivity contribution in [3.05, 3.63) is 29.3 Å². The fourth-order valence-corrected chi connectivity index (χ4v) is 2.86. The van der Waals surface area contributed by atoms with Crippen molar-refractivity contribution >= 4 is 28.9 Å². The maximum atomic E-state index is 11.8. The summed E-state index contributed by atoms with van der Waals surface area (Å²) in [6, 6.07) is 6.00. The van der Waals surface area contributed by atoms with Crippen LogP contribution >= 0.6 is 12.2 Å². The fourth-order valence-electron chi connectivity index (χ4n) is 2.69. The van der Waals surface area contributed by atoms with Gasteiger partial charge in [-0.1, -0.05) is 25.0 Å². The Morgan fingerprint density at radius 1 is 1.24 bits per heavy atom. The molecule has 1 saturated carbocycles. The maximum absolute atomic E-state index is 11.8. The normalized spacial score (nSPS) is 14.8. The summed E-state index contributed by atoms with van der Waals surface area (Å²) in [7, 11) is 0. The molecule has 4 nitrogen and oxygen atoms in total. The Hall–Kier alpha value is -1.62. The SMILES string of the molecule is Cc1cccc(NC(=S)NNC(=O)CC2CCCC2)c1C. The Balaban J connectivity index is 1.76. The van der Waals surface area contributed by atoms with E-state index in [0.29, 0.717) is 17.5 Å². The van der Waals surface area contributed by atoms with Gasteiger partial charge in [0, 0.05) is 12.1 Å². The lowest BCUT2D eigenvalue weighted by molar-refractivity contribution is -0.122. The minimum Gasteiger partial charge on any atom is -0.331 e. The molecular formula is C16H23N3OS. The number of thiocarbonyl (C=S) groups is 1. The molecule has 0 aromatic heterocycles. The third-order valence-electron chi connectivity index (χ3n) is 4.12. The predicted octanol–water partition coefficient (Wildman–Crippen LogP) is 3.20. The quantitative estimate of drug-likeness (QED) is 0.593. The lowest BCUT2D eigenvalue weighted by atomic mass is 10.0. The summed E-state index contributed by atoms with van der Waals surface area (Å²) < 4.78 is 0. The highest BCUT2D eigenvalue weighted by Gasteiger charge is 2.18. The Morgan fingerprint density at radius 3 is 2.67 bits per heavy atom. The van der Waals surface area contributed by atoms with Gasteiger partial charge in [0.15, 0.2) is 5.11 Å². The Labute approximate surface area is 131 Å². The molecule has 0 saturated heterocycles. The molecule has 3 N–H and O–H groups in total. The van der Waals surface area contributed by atoms with E-state index in [1.807, 2.05) is 19.1 Å². The van der Waals surface area contributed by atoms with Crippen molar-refractivity contribution in [3.8, 4) is 0 Å². The van der Waals surface area contributed by atoms with Gasteiger partial charge in [0.1, 0.15) is 0 Å². The maximum Gasteiger partial charge on any atom is 0.238 e. The molecule has 2 rings (SSSR count). The first-order valence-electron chi connectivity index (χ1n) is 7.48. The van der Waals surface area contributed by atoms with Crippen LogP contribution in [-0.2, 0) is 4.79 Å². The first-order chi connectivity index (χ1) is 10.1. The van der Waals surface area contributed by atoms with E-state index in [1.165, 1.54) is 31.2 Å². The lowest BCUT2D eigenvalue weighted by Crippen LogP contribution is -2.44. The van der Waals surface area contributed by atoms with Crippen LogP contribution in [0.5, 0.6) is 0 Å². The average Bonchev–Trinajstić information content (AvgIpc) is 2.94. The Morgan fingerprint density at radius 2 is 1.95 bits per heavy atom. The number of aryl methyl sites for hydroxylation is 1. The van der Waals surface area contributed by atoms with Crippen molar-refractivity contribution in [1.29, 1.82) is 0 Å². The van der Waals surface area contributed by atoms with Crippen LogP contribution in [0.25, 0.3) is 0 Å². The van der Waals surface area contributed by atoms with Gasteiger partial charge in [0.05, 0.1) is 0 Å². The van der Waals surface area contributed by atoms with Crippen LogP contribution in [0.4, 0.5) is 5.69 Å². The summed E-state index contributed by atoms with van der Waals surface area (Å²) in [5.74, 6) is 0.541. The van der Waals surface area contributed by atoms with E-state index >= 15 is 0 Å². The van der Waals surface area contributed by atoms with Gasteiger partial charge < -0.3 is 5.32 Å². The van der Waals surface area contributed by atoms with Crippen LogP contribution in [0.3, 0.4) is 0 Å². The van der Waals surface area contributed by atoms with Crippen LogP contribution in [0.15, 0.2) is 18.2 Å². The summed E-state index contributed by atoms with van der Waals surface area (Å²) >= 11 is 5.20. The Bertz CT molecular complexity index is 524. The van der Waals surface area contributed by atoms with Crippen LogP contribution < -0.4 is 16.2 Å². The van der Waals surface area contributed by atoms with E-state index in [9.17, 15) is 4.79 Å². The highest BCUT2D eigenvalue weighted by atomic mass is 32.1. The summed E-state index contributed by atoms with van der Waals surface area (Å²) in [5.41, 5.74) is 8.75. The summed E-state index contributed by atoms with van der Waals surface area (Å²) in [6.07, 6.45) is 5.41. The summed E-state index contributed by atoms with van der Waals surface area (Å²) in [5, 5.41) is 3.51. The molecule has 0 unspecified atom stereocenters. The number of hydrogen-bond donors (Lipinski definition) is 3. The van der Waals surface area contributed by atoms with E-state index in [4.69, 9.17) is 12.2 Å². The van der Waals surface area contributed by atoms with Crippen LogP contribution in [-0.4, -0.2) is 11.0 Å². The molecule has 0 heterocycles. The van der Waals surface area contributed by atoms with Gasteiger partial charge in [0.2, 0.25) is 5.91 Å². The zero-order chi connectivity index (χ0) is 15.2. The summed E-state index contributed by atoms with van der Waals surface area (Å²) in [6.45, 7) is 4.10. The van der Waals surface area contributed by atoms with E-state index in [0.717, 1.165) is 11.3 Å². The van der Waals surface area contributed by atoms with E-state index < -0.39 is 0 Å². The molecule has 21 heavy (non-hydrogen) atoms. The second-order valence-corrected chi connectivity index (χ2v) is 6.14. The molecule has 0 aliphatic heterocycles. The third-order valence-corrected chi connectivity index (χ3v) is 4.32. The van der Waals surface area contributed by atoms with Gasteiger partial charge in [-0.05, 0) is 62.0 Å². The monoisotopic (exact) mass is 305 g/mol.